The molecule has 1 aromatic heterocycles. The smallest absolute Gasteiger partial charge is 0.406 e. The van der Waals surface area contributed by atoms with Crippen molar-refractivity contribution in [3.8, 4) is 5.75 Å². The summed E-state index contributed by atoms with van der Waals surface area (Å²) in [6, 6.07) is 9.22. The second-order valence-electron chi connectivity index (χ2n) is 6.45. The zero-order valence-electron chi connectivity index (χ0n) is 15.8. The minimum atomic E-state index is -4.80. The number of benzene rings is 2. The summed E-state index contributed by atoms with van der Waals surface area (Å²) in [5.74, 6) is -1.81. The highest BCUT2D eigenvalue weighted by Gasteiger charge is 2.31. The molecule has 2 aromatic carbocycles. The number of rotatable bonds is 5. The number of fused-ring (bicyclic) bond motifs is 1. The summed E-state index contributed by atoms with van der Waals surface area (Å²) in [5, 5.41) is 2.87. The van der Waals surface area contributed by atoms with Gasteiger partial charge in [-0.3, -0.25) is 9.59 Å². The topological polar surface area (TPSA) is 58.6 Å². The number of nitrogens with one attached hydrogen (secondary N) is 1. The third kappa shape index (κ3) is 4.88. The summed E-state index contributed by atoms with van der Waals surface area (Å²) < 4.78 is 55.0. The highest BCUT2D eigenvalue weighted by molar-refractivity contribution is 7.21. The first-order valence-corrected chi connectivity index (χ1v) is 9.45. The van der Waals surface area contributed by atoms with E-state index in [1.54, 1.807) is 19.1 Å². The van der Waals surface area contributed by atoms with Crippen LogP contribution in [-0.2, 0) is 4.79 Å². The number of carbonyl (C=O) groups is 2. The number of halogens is 4. The lowest BCUT2D eigenvalue weighted by molar-refractivity contribution is -0.274. The standard InChI is InChI=1S/C20H16F4N2O3S/c1-11-17-14(21)4-3-5-15(17)30-18(11)19(28)26(2)10-16(27)25-12-6-8-13(9-7-12)29-20(22,23)24/h3-9H,10H2,1-2H3,(H,25,27). The number of aryl methyl sites for hydroxylation is 1. The molecular formula is C20H16F4N2O3S. The molecule has 0 aliphatic rings. The van der Waals surface area contributed by atoms with Gasteiger partial charge in [-0.15, -0.1) is 24.5 Å². The molecule has 2 amide bonds. The Balaban J connectivity index is 1.65. The van der Waals surface area contributed by atoms with Gasteiger partial charge in [0, 0.05) is 22.8 Å². The molecule has 3 aromatic rings. The highest BCUT2D eigenvalue weighted by Crippen LogP contribution is 2.33. The monoisotopic (exact) mass is 440 g/mol. The van der Waals surface area contributed by atoms with E-state index in [1.165, 1.54) is 30.1 Å². The van der Waals surface area contributed by atoms with Gasteiger partial charge < -0.3 is 15.0 Å². The van der Waals surface area contributed by atoms with Gasteiger partial charge in [0.1, 0.15) is 11.6 Å². The van der Waals surface area contributed by atoms with Crippen LogP contribution in [0.15, 0.2) is 42.5 Å². The van der Waals surface area contributed by atoms with Crippen molar-refractivity contribution in [3.05, 3.63) is 58.7 Å². The summed E-state index contributed by atoms with van der Waals surface area (Å²) in [7, 11) is 1.43. The molecule has 5 nitrogen and oxygen atoms in total. The molecule has 0 radical (unpaired) electrons. The Morgan fingerprint density at radius 3 is 2.40 bits per heavy atom. The van der Waals surface area contributed by atoms with E-state index in [-0.39, 0.29) is 12.2 Å². The normalized spacial score (nSPS) is 11.4. The Labute approximate surface area is 172 Å². The van der Waals surface area contributed by atoms with Crippen LogP contribution in [0.3, 0.4) is 0 Å². The molecule has 0 atom stereocenters. The van der Waals surface area contributed by atoms with E-state index in [0.29, 0.717) is 20.5 Å². The summed E-state index contributed by atoms with van der Waals surface area (Å²) in [5.41, 5.74) is 0.751. The molecule has 0 bridgehead atoms. The Kier molecular flexibility index (Phi) is 5.97. The largest absolute Gasteiger partial charge is 0.573 e. The lowest BCUT2D eigenvalue weighted by Crippen LogP contribution is -2.34. The molecule has 10 heteroatoms. The van der Waals surface area contributed by atoms with Crippen LogP contribution >= 0.6 is 11.3 Å². The number of anilines is 1. The molecular weight excluding hydrogens is 424 g/mol. The third-order valence-corrected chi connectivity index (χ3v) is 5.44. The van der Waals surface area contributed by atoms with Gasteiger partial charge in [0.05, 0.1) is 11.4 Å². The average molecular weight is 440 g/mol. The van der Waals surface area contributed by atoms with Crippen LogP contribution in [0, 0.1) is 12.7 Å². The minimum Gasteiger partial charge on any atom is -0.406 e. The number of hydrogen-bond acceptors (Lipinski definition) is 4. The molecule has 158 valence electrons. The van der Waals surface area contributed by atoms with E-state index in [2.05, 4.69) is 10.1 Å². The fourth-order valence-electron chi connectivity index (χ4n) is 2.86. The van der Waals surface area contributed by atoms with Gasteiger partial charge in [-0.1, -0.05) is 6.07 Å². The Morgan fingerprint density at radius 1 is 1.13 bits per heavy atom. The molecule has 0 saturated heterocycles. The first-order chi connectivity index (χ1) is 14.0. The number of thiophene rings is 1. The van der Waals surface area contributed by atoms with Crippen LogP contribution in [0.5, 0.6) is 5.75 Å². The SMILES string of the molecule is Cc1c(C(=O)N(C)CC(=O)Nc2ccc(OC(F)(F)F)cc2)sc2cccc(F)c12. The van der Waals surface area contributed by atoms with Gasteiger partial charge in [0.25, 0.3) is 5.91 Å². The van der Waals surface area contributed by atoms with Gasteiger partial charge in [-0.2, -0.15) is 0 Å². The van der Waals surface area contributed by atoms with E-state index in [1.807, 2.05) is 0 Å². The predicted octanol–water partition coefficient (Wildman–Crippen LogP) is 4.96. The van der Waals surface area contributed by atoms with Crippen molar-refractivity contribution in [2.45, 2.75) is 13.3 Å². The second-order valence-corrected chi connectivity index (χ2v) is 7.50. The summed E-state index contributed by atoms with van der Waals surface area (Å²) in [6.45, 7) is 1.35. The maximum Gasteiger partial charge on any atom is 0.573 e. The minimum absolute atomic E-state index is 0.246. The van der Waals surface area contributed by atoms with Crippen molar-refractivity contribution in [1.82, 2.24) is 4.90 Å². The van der Waals surface area contributed by atoms with Crippen molar-refractivity contribution in [2.75, 3.05) is 18.9 Å². The van der Waals surface area contributed by atoms with Crippen molar-refractivity contribution in [1.29, 1.82) is 0 Å². The zero-order chi connectivity index (χ0) is 22.1. The number of amides is 2. The molecule has 0 aliphatic carbocycles. The van der Waals surface area contributed by atoms with E-state index in [0.717, 1.165) is 23.5 Å². The zero-order valence-corrected chi connectivity index (χ0v) is 16.7. The van der Waals surface area contributed by atoms with Crippen LogP contribution in [-0.4, -0.2) is 36.7 Å². The maximum absolute atomic E-state index is 14.0. The van der Waals surface area contributed by atoms with E-state index in [9.17, 15) is 27.2 Å². The average Bonchev–Trinajstić information content (AvgIpc) is 2.99. The van der Waals surface area contributed by atoms with Crippen LogP contribution in [0.1, 0.15) is 15.2 Å². The van der Waals surface area contributed by atoms with Crippen LogP contribution in [0.4, 0.5) is 23.2 Å². The Bertz CT molecular complexity index is 1090. The van der Waals surface area contributed by atoms with Gasteiger partial charge in [0.2, 0.25) is 5.91 Å². The molecule has 1 N–H and O–H groups in total. The Hall–Kier alpha value is -3.14. The first-order valence-electron chi connectivity index (χ1n) is 8.64. The number of carbonyl (C=O) groups excluding carboxylic acids is 2. The summed E-state index contributed by atoms with van der Waals surface area (Å²) in [6.07, 6.45) is -4.80. The fraction of sp³-hybridized carbons (Fsp3) is 0.200. The van der Waals surface area contributed by atoms with E-state index in [4.69, 9.17) is 0 Å². The van der Waals surface area contributed by atoms with Gasteiger partial charge in [-0.25, -0.2) is 4.39 Å². The van der Waals surface area contributed by atoms with E-state index >= 15 is 0 Å². The van der Waals surface area contributed by atoms with Crippen LogP contribution in [0.25, 0.3) is 10.1 Å². The number of alkyl halides is 3. The number of ether oxygens (including phenoxy) is 1. The van der Waals surface area contributed by atoms with Crippen molar-refractivity contribution >= 4 is 38.9 Å². The molecule has 0 unspecified atom stereocenters. The van der Waals surface area contributed by atoms with E-state index < -0.39 is 29.7 Å². The van der Waals surface area contributed by atoms with Crippen LogP contribution < -0.4 is 10.1 Å². The maximum atomic E-state index is 14.0. The first kappa shape index (κ1) is 21.6. The highest BCUT2D eigenvalue weighted by atomic mass is 32.1. The lowest BCUT2D eigenvalue weighted by atomic mass is 10.1. The summed E-state index contributed by atoms with van der Waals surface area (Å²) >= 11 is 1.14. The van der Waals surface area contributed by atoms with Crippen LogP contribution in [0.2, 0.25) is 0 Å². The molecule has 0 spiro atoms. The predicted molar refractivity (Wildman–Crippen MR) is 105 cm³/mol. The van der Waals surface area contributed by atoms with Crippen molar-refractivity contribution in [3.63, 3.8) is 0 Å². The van der Waals surface area contributed by atoms with Gasteiger partial charge in [-0.05, 0) is 48.9 Å². The molecule has 30 heavy (non-hydrogen) atoms. The summed E-state index contributed by atoms with van der Waals surface area (Å²) in [4.78, 5) is 26.5. The fourth-order valence-corrected chi connectivity index (χ4v) is 4.08. The number of nitrogens with zero attached hydrogens (tertiary/aromatic N) is 1. The Morgan fingerprint density at radius 2 is 1.80 bits per heavy atom. The molecule has 0 fully saturated rings. The quantitative estimate of drug-likeness (QED) is 0.571. The third-order valence-electron chi connectivity index (χ3n) is 4.20. The molecule has 0 saturated carbocycles. The molecule has 1 heterocycles. The van der Waals surface area contributed by atoms with Crippen molar-refractivity contribution in [2.24, 2.45) is 0 Å². The van der Waals surface area contributed by atoms with Crippen molar-refractivity contribution < 1.29 is 31.9 Å². The number of hydrogen-bond donors (Lipinski definition) is 1. The number of likely N-dealkylation sites (N-methyl/N-ethyl adjacent to an activating group) is 1. The lowest BCUT2D eigenvalue weighted by Gasteiger charge is -2.16. The molecule has 0 aliphatic heterocycles. The second kappa shape index (κ2) is 8.31. The van der Waals surface area contributed by atoms with Gasteiger partial charge in [0.15, 0.2) is 0 Å². The molecule has 3 rings (SSSR count). The van der Waals surface area contributed by atoms with Gasteiger partial charge >= 0.3 is 6.36 Å².